The number of benzene rings is 1. The molecule has 0 saturated heterocycles. The number of carbonyl (C=O) groups excluding carboxylic acids is 2. The third-order valence-corrected chi connectivity index (χ3v) is 3.27. The van der Waals surface area contributed by atoms with Crippen LogP contribution < -0.4 is 10.9 Å². The van der Waals surface area contributed by atoms with E-state index in [0.29, 0.717) is 12.1 Å². The van der Waals surface area contributed by atoms with Gasteiger partial charge in [0.2, 0.25) is 0 Å². The minimum Gasteiger partial charge on any atom is -0.268 e. The van der Waals surface area contributed by atoms with Gasteiger partial charge in [0.05, 0.1) is 18.3 Å². The predicted octanol–water partition coefficient (Wildman–Crippen LogP) is 1.40. The van der Waals surface area contributed by atoms with Crippen LogP contribution in [0.3, 0.4) is 0 Å². The van der Waals surface area contributed by atoms with E-state index < -0.39 is 11.8 Å². The summed E-state index contributed by atoms with van der Waals surface area (Å²) in [5.41, 5.74) is 6.31. The fourth-order valence-electron chi connectivity index (χ4n) is 2.08. The summed E-state index contributed by atoms with van der Waals surface area (Å²) in [4.78, 5) is 27.8. The molecule has 7 heteroatoms. The highest BCUT2D eigenvalue weighted by atomic mass is 16.2. The highest BCUT2D eigenvalue weighted by Crippen LogP contribution is 2.04. The third kappa shape index (κ3) is 3.83. The molecule has 0 saturated carbocycles. The molecule has 2 aromatic heterocycles. The lowest BCUT2D eigenvalue weighted by molar-refractivity contribution is 0.0844. The number of rotatable bonds is 4. The molecule has 1 aromatic carbocycles. The number of nitrogens with zero attached hydrogens (tertiary/aromatic N) is 3. The Hall–Kier alpha value is -3.48. The zero-order valence-electron chi connectivity index (χ0n) is 12.7. The van der Waals surface area contributed by atoms with Crippen molar-refractivity contribution in [2.75, 3.05) is 0 Å². The number of carbonyl (C=O) groups is 2. The molecular formula is C17H15N5O2. The first-order valence-electron chi connectivity index (χ1n) is 7.30. The average Bonchev–Trinajstić information content (AvgIpc) is 3.09. The summed E-state index contributed by atoms with van der Waals surface area (Å²) >= 11 is 0. The van der Waals surface area contributed by atoms with Crippen LogP contribution in [0, 0.1) is 0 Å². The maximum Gasteiger partial charge on any atom is 0.288 e. The van der Waals surface area contributed by atoms with Gasteiger partial charge >= 0.3 is 0 Å². The van der Waals surface area contributed by atoms with Gasteiger partial charge in [-0.3, -0.25) is 30.1 Å². The molecule has 2 N–H and O–H groups in total. The molecule has 0 aliphatic heterocycles. The normalized spacial score (nSPS) is 10.2. The molecule has 0 aliphatic carbocycles. The largest absolute Gasteiger partial charge is 0.288 e. The monoisotopic (exact) mass is 321 g/mol. The Morgan fingerprint density at radius 1 is 0.958 bits per heavy atom. The molecule has 0 atom stereocenters. The van der Waals surface area contributed by atoms with Crippen molar-refractivity contribution in [3.63, 3.8) is 0 Å². The molecule has 3 rings (SSSR count). The van der Waals surface area contributed by atoms with E-state index >= 15 is 0 Å². The lowest BCUT2D eigenvalue weighted by Crippen LogP contribution is -2.41. The van der Waals surface area contributed by atoms with Gasteiger partial charge in [-0.2, -0.15) is 5.10 Å². The molecule has 0 bridgehead atoms. The van der Waals surface area contributed by atoms with Crippen LogP contribution in [0.5, 0.6) is 0 Å². The van der Waals surface area contributed by atoms with E-state index in [9.17, 15) is 9.59 Å². The summed E-state index contributed by atoms with van der Waals surface area (Å²) in [6.45, 7) is 0.564. The maximum atomic E-state index is 12.0. The molecule has 0 aliphatic rings. The van der Waals surface area contributed by atoms with Gasteiger partial charge in [0.25, 0.3) is 11.8 Å². The molecule has 120 valence electrons. The third-order valence-electron chi connectivity index (χ3n) is 3.27. The van der Waals surface area contributed by atoms with Crippen molar-refractivity contribution >= 4 is 11.8 Å². The van der Waals surface area contributed by atoms with Crippen LogP contribution in [-0.2, 0) is 6.54 Å². The van der Waals surface area contributed by atoms with Gasteiger partial charge in [-0.05, 0) is 17.7 Å². The molecule has 0 spiro atoms. The highest BCUT2D eigenvalue weighted by molar-refractivity contribution is 5.97. The number of hydrogen-bond acceptors (Lipinski definition) is 4. The second kappa shape index (κ2) is 7.19. The van der Waals surface area contributed by atoms with Crippen molar-refractivity contribution < 1.29 is 9.59 Å². The maximum absolute atomic E-state index is 12.0. The Balaban J connectivity index is 1.57. The van der Waals surface area contributed by atoms with Crippen molar-refractivity contribution in [1.29, 1.82) is 0 Å². The standard InChI is InChI=1S/C17H15N5O2/c23-16(20-21-17(24)15-8-4-5-9-18-15)14-10-19-22(12-14)11-13-6-2-1-3-7-13/h1-10,12H,11H2,(H,20,23)(H,21,24). The predicted molar refractivity (Wildman–Crippen MR) is 86.9 cm³/mol. The van der Waals surface area contributed by atoms with Crippen molar-refractivity contribution in [3.05, 3.63) is 83.9 Å². The van der Waals surface area contributed by atoms with E-state index in [4.69, 9.17) is 0 Å². The molecule has 0 fully saturated rings. The Morgan fingerprint density at radius 3 is 2.46 bits per heavy atom. The van der Waals surface area contributed by atoms with Gasteiger partial charge in [0, 0.05) is 12.4 Å². The molecule has 24 heavy (non-hydrogen) atoms. The second-order valence-electron chi connectivity index (χ2n) is 5.04. The number of pyridine rings is 1. The quantitative estimate of drug-likeness (QED) is 0.711. The van der Waals surface area contributed by atoms with Gasteiger partial charge in [0.1, 0.15) is 5.69 Å². The topological polar surface area (TPSA) is 88.9 Å². The Bertz CT molecular complexity index is 830. The molecule has 3 aromatic rings. The van der Waals surface area contributed by atoms with Crippen LogP contribution in [0.1, 0.15) is 26.4 Å². The minimum absolute atomic E-state index is 0.220. The first-order valence-corrected chi connectivity index (χ1v) is 7.30. The van der Waals surface area contributed by atoms with Crippen LogP contribution in [0.15, 0.2) is 67.1 Å². The van der Waals surface area contributed by atoms with Gasteiger partial charge in [-0.1, -0.05) is 36.4 Å². The molecule has 0 radical (unpaired) electrons. The van der Waals surface area contributed by atoms with Crippen molar-refractivity contribution in [3.8, 4) is 0 Å². The van der Waals surface area contributed by atoms with E-state index in [1.807, 2.05) is 30.3 Å². The molecular weight excluding hydrogens is 306 g/mol. The van der Waals surface area contributed by atoms with Crippen molar-refractivity contribution in [1.82, 2.24) is 25.6 Å². The first kappa shape index (κ1) is 15.4. The summed E-state index contributed by atoms with van der Waals surface area (Å²) in [7, 11) is 0. The lowest BCUT2D eigenvalue weighted by Gasteiger charge is -2.05. The van der Waals surface area contributed by atoms with E-state index in [2.05, 4.69) is 20.9 Å². The number of amides is 2. The Labute approximate surface area is 138 Å². The first-order chi connectivity index (χ1) is 11.7. The number of hydrogen-bond donors (Lipinski definition) is 2. The summed E-state index contributed by atoms with van der Waals surface area (Å²) in [5.74, 6) is -0.931. The number of hydrazine groups is 1. The van der Waals surface area contributed by atoms with Crippen molar-refractivity contribution in [2.45, 2.75) is 6.54 Å². The summed E-state index contributed by atoms with van der Waals surface area (Å²) in [6, 6.07) is 14.7. The second-order valence-corrected chi connectivity index (χ2v) is 5.04. The Morgan fingerprint density at radius 2 is 1.71 bits per heavy atom. The van der Waals surface area contributed by atoms with Crippen LogP contribution in [0.4, 0.5) is 0 Å². The Kier molecular flexibility index (Phi) is 4.62. The van der Waals surface area contributed by atoms with Crippen LogP contribution >= 0.6 is 0 Å². The molecule has 2 heterocycles. The zero-order valence-corrected chi connectivity index (χ0v) is 12.7. The van der Waals surface area contributed by atoms with E-state index in [1.54, 1.807) is 29.1 Å². The fourth-order valence-corrected chi connectivity index (χ4v) is 2.08. The zero-order chi connectivity index (χ0) is 16.8. The smallest absolute Gasteiger partial charge is 0.268 e. The molecule has 7 nitrogen and oxygen atoms in total. The summed E-state index contributed by atoms with van der Waals surface area (Å²) in [5, 5.41) is 4.15. The van der Waals surface area contributed by atoms with Crippen LogP contribution in [0.2, 0.25) is 0 Å². The van der Waals surface area contributed by atoms with Gasteiger partial charge in [0.15, 0.2) is 0 Å². The van der Waals surface area contributed by atoms with E-state index in [1.165, 1.54) is 12.4 Å². The van der Waals surface area contributed by atoms with Gasteiger partial charge in [-0.15, -0.1) is 0 Å². The SMILES string of the molecule is O=C(NNC(=O)c1ccccn1)c1cnn(Cc2ccccc2)c1. The van der Waals surface area contributed by atoms with Gasteiger partial charge in [-0.25, -0.2) is 0 Å². The van der Waals surface area contributed by atoms with Gasteiger partial charge < -0.3 is 0 Å². The van der Waals surface area contributed by atoms with E-state index in [0.717, 1.165) is 5.56 Å². The minimum atomic E-state index is -0.486. The average molecular weight is 321 g/mol. The number of nitrogens with one attached hydrogen (secondary N) is 2. The van der Waals surface area contributed by atoms with Crippen molar-refractivity contribution in [2.24, 2.45) is 0 Å². The highest BCUT2D eigenvalue weighted by Gasteiger charge is 2.11. The van der Waals surface area contributed by atoms with Crippen LogP contribution in [0.25, 0.3) is 0 Å². The van der Waals surface area contributed by atoms with E-state index in [-0.39, 0.29) is 5.69 Å². The number of aromatic nitrogens is 3. The summed E-state index contributed by atoms with van der Waals surface area (Å²) in [6.07, 6.45) is 4.57. The lowest BCUT2D eigenvalue weighted by atomic mass is 10.2. The fraction of sp³-hybridized carbons (Fsp3) is 0.0588. The van der Waals surface area contributed by atoms with Crippen LogP contribution in [-0.4, -0.2) is 26.6 Å². The molecule has 0 unspecified atom stereocenters. The molecule has 2 amide bonds. The summed E-state index contributed by atoms with van der Waals surface area (Å²) < 4.78 is 1.66.